The Morgan fingerprint density at radius 1 is 0.199 bits per heavy atom. The van der Waals surface area contributed by atoms with Gasteiger partial charge in [-0.1, -0.05) is 243 Å². The van der Waals surface area contributed by atoms with Gasteiger partial charge in [-0.15, -0.1) is 0 Å². The summed E-state index contributed by atoms with van der Waals surface area (Å²) in [7, 11) is -28.1. The Balaban J connectivity index is 0.000000113. The molecule has 5 aliphatic rings. The Bertz CT molecular complexity index is 8910. The van der Waals surface area contributed by atoms with Gasteiger partial charge in [0.25, 0.3) is 20.2 Å². The summed E-state index contributed by atoms with van der Waals surface area (Å²) in [6.45, 7) is 0. The monoisotopic (exact) mass is 2050 g/mol. The summed E-state index contributed by atoms with van der Waals surface area (Å²) in [5.74, 6) is 0.485. The van der Waals surface area contributed by atoms with Gasteiger partial charge in [-0.05, 0) is 253 Å². The predicted octanol–water partition coefficient (Wildman–Crippen LogP) is 20.7. The molecule has 5 atom stereocenters. The summed E-state index contributed by atoms with van der Waals surface area (Å²) < 4.78 is 224. The first-order valence-corrected chi connectivity index (χ1v) is 55.8. The molecule has 0 spiro atoms. The van der Waals surface area contributed by atoms with Gasteiger partial charge in [0.05, 0.1) is 118 Å². The largest absolute Gasteiger partial charge is 1.00 e. The number of fused-ring (bicyclic) bond motifs is 17. The van der Waals surface area contributed by atoms with Crippen molar-refractivity contribution < 1.29 is 115 Å². The van der Waals surface area contributed by atoms with Crippen LogP contribution in [-0.2, 0) is 105 Å². The van der Waals surface area contributed by atoms with Crippen molar-refractivity contribution in [3.63, 3.8) is 0 Å². The number of rotatable bonds is 14. The molecule has 0 radical (unpaired) electrons. The van der Waals surface area contributed by atoms with Gasteiger partial charge in [-0.2, -0.15) is 33.7 Å². The van der Waals surface area contributed by atoms with Crippen LogP contribution in [0.4, 0.5) is 0 Å². The van der Waals surface area contributed by atoms with Gasteiger partial charge < -0.3 is 12.9 Å². The quantitative estimate of drug-likeness (QED) is 0.0580. The van der Waals surface area contributed by atoms with E-state index in [1.807, 2.05) is 212 Å². The first-order valence-electron chi connectivity index (χ1n) is 42.9. The Morgan fingerprint density at radius 2 is 0.411 bits per heavy atom. The number of hydrogen-bond acceptors (Lipinski definition) is 18. The summed E-state index contributed by atoms with van der Waals surface area (Å²) >= 11 is 0. The summed E-state index contributed by atoms with van der Waals surface area (Å²) in [6, 6.07) is 125. The van der Waals surface area contributed by atoms with E-state index in [9.17, 15) is 76.8 Å². The van der Waals surface area contributed by atoms with E-state index in [-0.39, 0.29) is 65.5 Å². The standard InChI is InChI=1S/C28H18O4S2.C24H16O4S2.C22H14O4S2.2C18H12O4S2.Na/c29-33-27-15-13-20(24-12-6-8-19-7-4-5-11-23(19)24)17-25(27)26-18-22(14-16-28(26)33)34(30,31)32-21-9-2-1-3-10-21;25-29-23-13-11-18(17-7-3-1-4-8-17)15-21(23)22-16-20(12-14-24(22)29)30(26,27)28-19-9-5-2-6-10-19;23-27-21-10-8-15(18-7-3-5-14-4-1-2-6-17(14)18)12-19(21)20-13-16(28(24,25)26)9-11-22(20)27;2*19-23-17-8-6-13(12-4-2-1-3-5-12)10-15(17)16-11-14(24(20,21)22)7-9-18(16)23;/h1-18H;1-16H;1-13H,(H,24,25,26);2*1-11H,(H,20,21,22);/q;;;;;+1/p-1. The van der Waals surface area contributed by atoms with E-state index in [0.717, 1.165) is 99.4 Å². The fourth-order valence-electron chi connectivity index (χ4n) is 17.3. The van der Waals surface area contributed by atoms with Gasteiger partial charge in [0.1, 0.15) is 31.4 Å². The van der Waals surface area contributed by atoms with E-state index in [0.29, 0.717) is 82.3 Å². The van der Waals surface area contributed by atoms with Crippen LogP contribution in [0, 0.1) is 0 Å². The molecule has 141 heavy (non-hydrogen) atoms. The summed E-state index contributed by atoms with van der Waals surface area (Å²) in [5.41, 5.74) is 16.7. The van der Waals surface area contributed by atoms with Crippen molar-refractivity contribution in [1.82, 2.24) is 0 Å². The second kappa shape index (κ2) is 39.3. The minimum absolute atomic E-state index is 0. The van der Waals surface area contributed by atoms with Crippen molar-refractivity contribution >= 4 is 126 Å². The molecule has 0 aromatic heterocycles. The fourth-order valence-corrected chi connectivity index (χ4v) is 27.5. The summed E-state index contributed by atoms with van der Waals surface area (Å²) in [6.07, 6.45) is 0. The average Bonchev–Trinajstić information content (AvgIpc) is 1.60. The van der Waals surface area contributed by atoms with E-state index in [4.69, 9.17) is 8.37 Å². The van der Waals surface area contributed by atoms with Crippen molar-refractivity contribution in [2.24, 2.45) is 0 Å². The second-order valence-electron chi connectivity index (χ2n) is 32.4. The summed E-state index contributed by atoms with van der Waals surface area (Å²) in [5, 5.41) is 4.49. The van der Waals surface area contributed by atoms with E-state index in [1.54, 1.807) is 97.1 Å². The van der Waals surface area contributed by atoms with Crippen molar-refractivity contribution in [3.8, 4) is 123 Å². The molecule has 2 N–H and O–H groups in total. The zero-order valence-corrected chi connectivity index (χ0v) is 83.8. The maximum absolute atomic E-state index is 13.1. The van der Waals surface area contributed by atoms with E-state index >= 15 is 0 Å². The van der Waals surface area contributed by atoms with Crippen molar-refractivity contribution in [2.45, 2.75) is 73.4 Å². The van der Waals surface area contributed by atoms with Crippen LogP contribution >= 0.6 is 0 Å². The number of hydrogen-bond donors (Lipinski definition) is 2. The topological polar surface area (TPSA) is 338 Å². The molecule has 31 heteroatoms. The fraction of sp³-hybridized carbons (Fsp3) is 0. The molecule has 19 aromatic rings. The van der Waals surface area contributed by atoms with Crippen LogP contribution in [0.15, 0.2) is 492 Å². The van der Waals surface area contributed by atoms with Gasteiger partial charge in [0.2, 0.25) is 0 Å². The third-order valence-corrected chi connectivity index (χ3v) is 36.6. The molecule has 24 rings (SSSR count). The predicted molar refractivity (Wildman–Crippen MR) is 541 cm³/mol. The molecule has 692 valence electrons. The molecule has 20 nitrogen and oxygen atoms in total. The summed E-state index contributed by atoms with van der Waals surface area (Å²) in [4.78, 5) is 5.48. The molecule has 0 saturated heterocycles. The van der Waals surface area contributed by atoms with E-state index in [1.165, 1.54) is 66.7 Å². The molecule has 0 bridgehead atoms. The Hall–Kier alpha value is -13.3. The SMILES string of the molecule is O=S1c2ccc(-c3cccc4ccccc34)cc2-c2cc(S(=O)(=O)O)ccc21.O=S1c2ccc(-c3cccc4ccccc34)cc2-c2cc(S(=O)(=O)Oc3ccccc3)ccc21.O=S1c2ccc(-c3ccccc3)cc2-c2cc(S(=O)(=O)O)ccc21.O=S1c2ccc(-c3ccccc3)cc2-c2cc(S(=O)(=O)Oc3ccccc3)ccc21.O=S1c2ccc(-c3ccccc3)cc2-c2cc(S(=O)(=O)[O-])ccc21.[Na+]. The minimum Gasteiger partial charge on any atom is -0.744 e. The van der Waals surface area contributed by atoms with Gasteiger partial charge >= 0.3 is 49.8 Å². The van der Waals surface area contributed by atoms with Crippen LogP contribution in [-0.4, -0.2) is 76.8 Å². The van der Waals surface area contributed by atoms with Crippen LogP contribution in [0.5, 0.6) is 11.5 Å². The van der Waals surface area contributed by atoms with Crippen LogP contribution in [0.25, 0.3) is 133 Å². The average molecular weight is 2060 g/mol. The molecule has 5 heterocycles. The zero-order chi connectivity index (χ0) is 97.3. The van der Waals surface area contributed by atoms with Crippen molar-refractivity contribution in [2.75, 3.05) is 0 Å². The molecular weight excluding hydrogens is 1980 g/mol. The van der Waals surface area contributed by atoms with Crippen molar-refractivity contribution in [1.29, 1.82) is 0 Å². The van der Waals surface area contributed by atoms with Gasteiger partial charge in [-0.25, -0.2) is 29.5 Å². The zero-order valence-electron chi connectivity index (χ0n) is 73.7. The normalized spacial score (nSPS) is 15.1. The Morgan fingerprint density at radius 3 is 0.695 bits per heavy atom. The molecule has 5 unspecified atom stereocenters. The maximum atomic E-state index is 13.1. The van der Waals surface area contributed by atoms with Crippen molar-refractivity contribution in [3.05, 3.63) is 419 Å². The first kappa shape index (κ1) is 96.5. The molecule has 5 aliphatic heterocycles. The van der Waals surface area contributed by atoms with Crippen LogP contribution in [0.3, 0.4) is 0 Å². The van der Waals surface area contributed by atoms with Crippen LogP contribution in [0.2, 0.25) is 0 Å². The molecule has 0 saturated carbocycles. The molecular formula is C110H71NaO20S10. The first-order chi connectivity index (χ1) is 67.4. The van der Waals surface area contributed by atoms with Gasteiger partial charge in [0, 0.05) is 55.6 Å². The molecule has 19 aromatic carbocycles. The Kier molecular flexibility index (Phi) is 26.9. The molecule has 0 amide bonds. The smallest absolute Gasteiger partial charge is 0.744 e. The van der Waals surface area contributed by atoms with Gasteiger partial charge in [-0.3, -0.25) is 9.11 Å². The number of para-hydroxylation sites is 2. The van der Waals surface area contributed by atoms with E-state index in [2.05, 4.69) is 42.5 Å². The third kappa shape index (κ3) is 19.4. The second-order valence-corrected chi connectivity index (χ2v) is 46.8. The number of benzene rings is 19. The Labute approximate surface area is 847 Å². The molecule has 0 fully saturated rings. The van der Waals surface area contributed by atoms with E-state index < -0.39 is 105 Å². The van der Waals surface area contributed by atoms with Gasteiger partial charge in [0.15, 0.2) is 0 Å². The minimum atomic E-state index is -4.56. The van der Waals surface area contributed by atoms with Crippen LogP contribution < -0.4 is 37.9 Å². The van der Waals surface area contributed by atoms with Crippen LogP contribution in [0.1, 0.15) is 0 Å². The molecule has 0 aliphatic carbocycles. The maximum Gasteiger partial charge on any atom is 1.00 e. The third-order valence-electron chi connectivity index (χ3n) is 24.0.